The molecule has 0 aromatic heterocycles. The van der Waals surface area contributed by atoms with Crippen molar-refractivity contribution in [1.29, 1.82) is 0 Å². The maximum atomic E-state index is 10.9. The van der Waals surface area contributed by atoms with E-state index in [1.54, 1.807) is 0 Å². The van der Waals surface area contributed by atoms with Crippen LogP contribution in [-0.2, 0) is 13.0 Å². The summed E-state index contributed by atoms with van der Waals surface area (Å²) in [5, 5.41) is 27.3. The molecule has 0 amide bonds. The number of phenols is 1. The zero-order valence-electron chi connectivity index (χ0n) is 12.0. The van der Waals surface area contributed by atoms with Gasteiger partial charge in [-0.25, -0.2) is 4.79 Å². The fourth-order valence-corrected chi connectivity index (χ4v) is 2.05. The molecule has 0 aliphatic rings. The lowest BCUT2D eigenvalue weighted by Gasteiger charge is -2.08. The molecular formula is C17H18O5. The molecule has 0 saturated heterocycles. The van der Waals surface area contributed by atoms with E-state index >= 15 is 0 Å². The summed E-state index contributed by atoms with van der Waals surface area (Å²) < 4.78 is 5.50. The number of aliphatic hydroxyl groups excluding tert-OH is 1. The van der Waals surface area contributed by atoms with Gasteiger partial charge in [-0.2, -0.15) is 0 Å². The number of benzene rings is 2. The number of carboxylic acids is 1. The van der Waals surface area contributed by atoms with Crippen LogP contribution in [0, 0.1) is 0 Å². The van der Waals surface area contributed by atoms with Crippen LogP contribution in [0.3, 0.4) is 0 Å². The van der Waals surface area contributed by atoms with E-state index in [2.05, 4.69) is 0 Å². The number of carboxylic acid groups (broad SMARTS) is 1. The smallest absolute Gasteiger partial charge is 0.339 e. The minimum absolute atomic E-state index is 0.0379. The maximum absolute atomic E-state index is 10.9. The second-order valence-electron chi connectivity index (χ2n) is 4.91. The molecule has 0 saturated carbocycles. The fourth-order valence-electron chi connectivity index (χ4n) is 2.05. The zero-order chi connectivity index (χ0) is 15.9. The lowest BCUT2D eigenvalue weighted by atomic mass is 10.1. The molecule has 5 heteroatoms. The van der Waals surface area contributed by atoms with E-state index in [9.17, 15) is 9.90 Å². The van der Waals surface area contributed by atoms with Crippen LogP contribution in [-0.4, -0.2) is 27.9 Å². The van der Waals surface area contributed by atoms with Gasteiger partial charge < -0.3 is 20.1 Å². The highest BCUT2D eigenvalue weighted by molar-refractivity contribution is 5.91. The van der Waals surface area contributed by atoms with Crippen LogP contribution in [0.4, 0.5) is 0 Å². The van der Waals surface area contributed by atoms with E-state index in [0.29, 0.717) is 12.4 Å². The van der Waals surface area contributed by atoms with Crippen LogP contribution in [0.1, 0.15) is 27.9 Å². The van der Waals surface area contributed by atoms with Gasteiger partial charge in [0, 0.05) is 0 Å². The largest absolute Gasteiger partial charge is 0.507 e. The minimum atomic E-state index is -1.19. The second-order valence-corrected chi connectivity index (χ2v) is 4.91. The minimum Gasteiger partial charge on any atom is -0.507 e. The molecule has 3 N–H and O–H groups in total. The molecule has 0 aliphatic carbocycles. The summed E-state index contributed by atoms with van der Waals surface area (Å²) in [4.78, 5) is 10.9. The first-order valence-electron chi connectivity index (χ1n) is 6.98. The predicted molar refractivity (Wildman–Crippen MR) is 81.2 cm³/mol. The maximum Gasteiger partial charge on any atom is 0.339 e. The third-order valence-corrected chi connectivity index (χ3v) is 3.28. The van der Waals surface area contributed by atoms with E-state index < -0.39 is 5.97 Å². The van der Waals surface area contributed by atoms with E-state index in [1.165, 1.54) is 18.2 Å². The van der Waals surface area contributed by atoms with Crippen LogP contribution < -0.4 is 4.74 Å². The highest BCUT2D eigenvalue weighted by Gasteiger charge is 2.10. The van der Waals surface area contributed by atoms with E-state index in [-0.39, 0.29) is 17.9 Å². The van der Waals surface area contributed by atoms with Gasteiger partial charge in [0.05, 0.1) is 13.2 Å². The Bertz CT molecular complexity index is 634. The average Bonchev–Trinajstić information content (AvgIpc) is 2.53. The number of aromatic hydroxyl groups is 1. The third kappa shape index (κ3) is 4.23. The van der Waals surface area contributed by atoms with Crippen molar-refractivity contribution >= 4 is 5.97 Å². The van der Waals surface area contributed by atoms with Gasteiger partial charge in [0.1, 0.15) is 17.1 Å². The van der Waals surface area contributed by atoms with E-state index in [0.717, 1.165) is 24.0 Å². The van der Waals surface area contributed by atoms with Crippen LogP contribution in [0.15, 0.2) is 42.5 Å². The van der Waals surface area contributed by atoms with Crippen molar-refractivity contribution in [3.8, 4) is 11.5 Å². The summed E-state index contributed by atoms with van der Waals surface area (Å²) in [5.74, 6) is -1.04. The fraction of sp³-hybridized carbons (Fsp3) is 0.235. The Morgan fingerprint density at radius 3 is 2.36 bits per heavy atom. The van der Waals surface area contributed by atoms with E-state index in [1.807, 2.05) is 24.3 Å². The first-order valence-corrected chi connectivity index (χ1v) is 6.98. The number of ether oxygens (including phenoxy) is 1. The number of aryl methyl sites for hydroxylation is 1. The standard InChI is InChI=1S/C17H18O5/c18-11-13-5-3-12(4-6-13)2-1-9-22-14-7-8-16(19)15(10-14)17(20)21/h3-8,10,18-19H,1-2,9,11H2,(H,20,21). The topological polar surface area (TPSA) is 87.0 Å². The number of rotatable bonds is 7. The summed E-state index contributed by atoms with van der Waals surface area (Å²) in [5.41, 5.74) is 1.86. The molecule has 0 fully saturated rings. The van der Waals surface area contributed by atoms with Crippen LogP contribution in [0.2, 0.25) is 0 Å². The number of aliphatic hydroxyl groups is 1. The van der Waals surface area contributed by atoms with E-state index in [4.69, 9.17) is 14.9 Å². The highest BCUT2D eigenvalue weighted by Crippen LogP contribution is 2.23. The number of carbonyl (C=O) groups is 1. The van der Waals surface area contributed by atoms with Crippen molar-refractivity contribution in [3.05, 3.63) is 59.2 Å². The monoisotopic (exact) mass is 302 g/mol. The van der Waals surface area contributed by atoms with Crippen LogP contribution in [0.5, 0.6) is 11.5 Å². The molecule has 2 aromatic carbocycles. The Morgan fingerprint density at radius 1 is 1.05 bits per heavy atom. The van der Waals surface area contributed by atoms with Gasteiger partial charge in [0.15, 0.2) is 0 Å². The number of aromatic carboxylic acids is 1. The Labute approximate surface area is 128 Å². The summed E-state index contributed by atoms with van der Waals surface area (Å²) >= 11 is 0. The van der Waals surface area contributed by atoms with Crippen LogP contribution in [0.25, 0.3) is 0 Å². The molecule has 2 rings (SSSR count). The third-order valence-electron chi connectivity index (χ3n) is 3.28. The van der Waals surface area contributed by atoms with Crippen molar-refractivity contribution in [2.75, 3.05) is 6.61 Å². The zero-order valence-corrected chi connectivity index (χ0v) is 12.0. The molecule has 0 aliphatic heterocycles. The Morgan fingerprint density at radius 2 is 1.73 bits per heavy atom. The number of hydrogen-bond acceptors (Lipinski definition) is 4. The average molecular weight is 302 g/mol. The molecule has 116 valence electrons. The SMILES string of the molecule is O=C(O)c1cc(OCCCc2ccc(CO)cc2)ccc1O. The lowest BCUT2D eigenvalue weighted by Crippen LogP contribution is -2.02. The molecule has 2 aromatic rings. The Hall–Kier alpha value is -2.53. The van der Waals surface area contributed by atoms with Crippen molar-refractivity contribution < 1.29 is 24.9 Å². The molecule has 22 heavy (non-hydrogen) atoms. The molecule has 0 unspecified atom stereocenters. The summed E-state index contributed by atoms with van der Waals surface area (Å²) in [6, 6.07) is 11.9. The van der Waals surface area contributed by atoms with Gasteiger partial charge in [0.25, 0.3) is 0 Å². The van der Waals surface area contributed by atoms with Crippen LogP contribution >= 0.6 is 0 Å². The lowest BCUT2D eigenvalue weighted by molar-refractivity contribution is 0.0693. The van der Waals surface area contributed by atoms with Crippen molar-refractivity contribution in [2.45, 2.75) is 19.4 Å². The van der Waals surface area contributed by atoms with Crippen molar-refractivity contribution in [3.63, 3.8) is 0 Å². The summed E-state index contributed by atoms with van der Waals surface area (Å²) in [6.07, 6.45) is 1.61. The second kappa shape index (κ2) is 7.47. The summed E-state index contributed by atoms with van der Waals surface area (Å²) in [6.45, 7) is 0.488. The molecule has 5 nitrogen and oxygen atoms in total. The van der Waals surface area contributed by atoms with Gasteiger partial charge in [-0.1, -0.05) is 24.3 Å². The van der Waals surface area contributed by atoms with Gasteiger partial charge >= 0.3 is 5.97 Å². The predicted octanol–water partition coefficient (Wildman–Crippen LogP) is 2.59. The normalized spacial score (nSPS) is 10.4. The van der Waals surface area contributed by atoms with Crippen molar-refractivity contribution in [1.82, 2.24) is 0 Å². The quantitative estimate of drug-likeness (QED) is 0.684. The molecule has 0 spiro atoms. The Balaban J connectivity index is 1.83. The Kier molecular flexibility index (Phi) is 5.38. The van der Waals surface area contributed by atoms with Gasteiger partial charge in [-0.05, 0) is 42.2 Å². The van der Waals surface area contributed by atoms with Gasteiger partial charge in [-0.15, -0.1) is 0 Å². The first kappa shape index (κ1) is 15.9. The highest BCUT2D eigenvalue weighted by atomic mass is 16.5. The van der Waals surface area contributed by atoms with Gasteiger partial charge in [0.2, 0.25) is 0 Å². The van der Waals surface area contributed by atoms with Crippen molar-refractivity contribution in [2.24, 2.45) is 0 Å². The first-order chi connectivity index (χ1) is 10.6. The molecule has 0 radical (unpaired) electrons. The molecule has 0 bridgehead atoms. The molecular weight excluding hydrogens is 284 g/mol. The summed E-state index contributed by atoms with van der Waals surface area (Å²) in [7, 11) is 0. The molecule has 0 atom stereocenters. The molecule has 0 heterocycles. The van der Waals surface area contributed by atoms with Gasteiger partial charge in [-0.3, -0.25) is 0 Å². The number of hydrogen-bond donors (Lipinski definition) is 3.